The minimum absolute atomic E-state index is 0.135. The van der Waals surface area contributed by atoms with Gasteiger partial charge in [-0.05, 0) is 27.7 Å². The van der Waals surface area contributed by atoms with Gasteiger partial charge < -0.3 is 31.9 Å². The predicted molar refractivity (Wildman–Crippen MR) is 150 cm³/mol. The second-order valence-electron chi connectivity index (χ2n) is 11.7. The zero-order valence-corrected chi connectivity index (χ0v) is 26.8. The van der Waals surface area contributed by atoms with Gasteiger partial charge in [-0.25, -0.2) is 0 Å². The van der Waals surface area contributed by atoms with Crippen LogP contribution in [0.1, 0.15) is 67.9 Å². The molecule has 0 unspecified atom stereocenters. The zero-order valence-electron chi connectivity index (χ0n) is 24.8. The van der Waals surface area contributed by atoms with Crippen molar-refractivity contribution in [3.05, 3.63) is 35.9 Å². The van der Waals surface area contributed by atoms with Crippen LogP contribution in [0.15, 0.2) is 30.3 Å². The Bertz CT molecular complexity index is 878. The van der Waals surface area contributed by atoms with E-state index in [1.54, 1.807) is 7.11 Å². The van der Waals surface area contributed by atoms with Crippen molar-refractivity contribution in [2.45, 2.75) is 122 Å². The summed E-state index contributed by atoms with van der Waals surface area (Å²) in [4.78, 5) is 12.2. The monoisotopic (exact) mass is 568 g/mol. The zero-order chi connectivity index (χ0) is 28.3. The van der Waals surface area contributed by atoms with Gasteiger partial charge >= 0.3 is 23.1 Å². The maximum atomic E-state index is 12.2. The number of ether oxygens (including phenoxy) is 4. The topological polar surface area (TPSA) is 81.7 Å². The lowest BCUT2D eigenvalue weighted by molar-refractivity contribution is -0.305. The normalized spacial score (nSPS) is 29.3. The molecule has 0 aromatic heterocycles. The van der Waals surface area contributed by atoms with Gasteiger partial charge in [0.1, 0.15) is 18.3 Å². The number of methoxy groups -OCH3 is 1. The van der Waals surface area contributed by atoms with E-state index in [-0.39, 0.29) is 28.8 Å². The summed E-state index contributed by atoms with van der Waals surface area (Å²) in [5.74, 6) is -0.437. The molecule has 1 aromatic carbocycles. The van der Waals surface area contributed by atoms with Gasteiger partial charge in [-0.1, -0.05) is 85.7 Å². The average Bonchev–Trinajstić information content (AvgIpc) is 2.84. The lowest BCUT2D eigenvalue weighted by Crippen LogP contribution is -2.70. The van der Waals surface area contributed by atoms with Crippen LogP contribution in [0.25, 0.3) is 0 Å². The molecule has 0 spiro atoms. The van der Waals surface area contributed by atoms with Crippen LogP contribution in [0, 0.1) is 0 Å². The van der Waals surface area contributed by atoms with Gasteiger partial charge in [0.2, 0.25) is 0 Å². The summed E-state index contributed by atoms with van der Waals surface area (Å²) in [7, 11) is -4.13. The molecule has 0 aliphatic carbocycles. The number of fused-ring (bicyclic) bond motifs is 1. The Labute approximate surface area is 231 Å². The molecule has 2 aliphatic rings. The van der Waals surface area contributed by atoms with Crippen molar-refractivity contribution in [3.8, 4) is 0 Å². The second-order valence-corrected chi connectivity index (χ2v) is 20.5. The van der Waals surface area contributed by atoms with E-state index in [0.717, 1.165) is 5.56 Å². The molecule has 2 saturated heterocycles. The van der Waals surface area contributed by atoms with E-state index in [1.165, 1.54) is 6.92 Å². The van der Waals surface area contributed by atoms with Crippen molar-refractivity contribution in [2.75, 3.05) is 13.7 Å². The van der Waals surface area contributed by atoms with E-state index in [4.69, 9.17) is 31.9 Å². The van der Waals surface area contributed by atoms with Crippen molar-refractivity contribution in [1.82, 2.24) is 0 Å². The summed E-state index contributed by atoms with van der Waals surface area (Å²) in [6.45, 7) is 19.4. The van der Waals surface area contributed by atoms with Crippen LogP contribution >= 0.6 is 0 Å². The van der Waals surface area contributed by atoms with Crippen LogP contribution in [0.4, 0.5) is 0 Å². The summed E-state index contributed by atoms with van der Waals surface area (Å²) in [5, 5.41) is 0. The van der Waals surface area contributed by atoms with Gasteiger partial charge in [0, 0.05) is 14.0 Å². The van der Waals surface area contributed by atoms with Gasteiger partial charge in [0.05, 0.1) is 13.2 Å². The maximum Gasteiger partial charge on any atom is 0.335 e. The van der Waals surface area contributed by atoms with E-state index in [2.05, 4.69) is 55.4 Å². The molecule has 2 fully saturated rings. The van der Waals surface area contributed by atoms with Crippen LogP contribution in [-0.4, -0.2) is 67.5 Å². The first-order chi connectivity index (χ1) is 17.9. The highest BCUT2D eigenvalue weighted by Gasteiger charge is 2.62. The van der Waals surface area contributed by atoms with Gasteiger partial charge in [0.15, 0.2) is 12.4 Å². The molecular formula is C28H48O8Si2. The summed E-state index contributed by atoms with van der Waals surface area (Å²) in [6, 6.07) is 9.91. The third kappa shape index (κ3) is 6.44. The van der Waals surface area contributed by atoms with Gasteiger partial charge in [-0.15, -0.1) is 0 Å². The van der Waals surface area contributed by atoms with E-state index < -0.39 is 53.8 Å². The fourth-order valence-corrected chi connectivity index (χ4v) is 17.0. The van der Waals surface area contributed by atoms with E-state index in [9.17, 15) is 4.79 Å². The molecule has 0 saturated carbocycles. The fraction of sp³-hybridized carbons (Fsp3) is 0.750. The number of esters is 1. The molecule has 0 radical (unpaired) electrons. The highest BCUT2D eigenvalue weighted by molar-refractivity contribution is 6.83. The Balaban J connectivity index is 2.11. The third-order valence-corrected chi connectivity index (χ3v) is 18.0. The number of rotatable bonds is 9. The van der Waals surface area contributed by atoms with E-state index in [1.807, 2.05) is 30.3 Å². The molecule has 38 heavy (non-hydrogen) atoms. The number of hydrogen-bond donors (Lipinski definition) is 0. The van der Waals surface area contributed by atoms with Crippen LogP contribution in [0.3, 0.4) is 0 Å². The maximum absolute atomic E-state index is 12.2. The predicted octanol–water partition coefficient (Wildman–Crippen LogP) is 5.83. The summed E-state index contributed by atoms with van der Waals surface area (Å²) < 4.78 is 45.9. The minimum atomic E-state index is -2.95. The fourth-order valence-electron chi connectivity index (χ4n) is 5.76. The Morgan fingerprint density at radius 3 is 2.00 bits per heavy atom. The standard InChI is InChI=1S/C28H48O8Si2/c1-18(2)37(19(3)4)32-17-24-25(35-38(36-37,20(5)6)21(7)8)26(31-16-23-14-12-11-13-15-23)27(33-22(9)29)28(30-10)34-24/h11-15,18-21,24-28H,16-17H2,1-10H3/t24-,25-,26+,27+,28+/m1/s1. The molecule has 10 heteroatoms. The SMILES string of the molecule is CO[C@H]1O[C@@H]2CO[Si](C(C)C)(C(C)C)O[Si](C(C)C)(C(C)C)O[C@H]2[C@H](OCc2ccccc2)[C@@H]1OC(C)=O. The van der Waals surface area contributed by atoms with Gasteiger partial charge in [-0.2, -0.15) is 0 Å². The van der Waals surface area contributed by atoms with E-state index in [0.29, 0.717) is 6.61 Å². The van der Waals surface area contributed by atoms with Crippen molar-refractivity contribution in [1.29, 1.82) is 0 Å². The number of carbonyl (C=O) groups excluding carboxylic acids is 1. The molecule has 5 atom stereocenters. The Kier molecular flexibility index (Phi) is 10.8. The van der Waals surface area contributed by atoms with Crippen LogP contribution < -0.4 is 0 Å². The number of benzene rings is 1. The smallest absolute Gasteiger partial charge is 0.335 e. The molecule has 216 valence electrons. The molecule has 2 aliphatic heterocycles. The average molecular weight is 569 g/mol. The highest BCUT2D eigenvalue weighted by Crippen LogP contribution is 2.47. The minimum Gasteiger partial charge on any atom is -0.454 e. The molecular weight excluding hydrogens is 520 g/mol. The molecule has 2 heterocycles. The molecule has 3 rings (SSSR count). The number of hydrogen-bond acceptors (Lipinski definition) is 8. The third-order valence-electron chi connectivity index (χ3n) is 7.74. The lowest BCUT2D eigenvalue weighted by atomic mass is 9.98. The summed E-state index contributed by atoms with van der Waals surface area (Å²) >= 11 is 0. The first-order valence-electron chi connectivity index (χ1n) is 13.9. The Hall–Kier alpha value is -1.12. The Morgan fingerprint density at radius 2 is 1.50 bits per heavy atom. The van der Waals surface area contributed by atoms with Crippen molar-refractivity contribution in [2.24, 2.45) is 0 Å². The van der Waals surface area contributed by atoms with Crippen LogP contribution in [0.2, 0.25) is 22.2 Å². The summed E-state index contributed by atoms with van der Waals surface area (Å²) in [5.41, 5.74) is 1.71. The highest BCUT2D eigenvalue weighted by atomic mass is 28.5. The molecule has 0 amide bonds. The quantitative estimate of drug-likeness (QED) is 0.272. The second kappa shape index (κ2) is 13.0. The first kappa shape index (κ1) is 31.4. The van der Waals surface area contributed by atoms with E-state index >= 15 is 0 Å². The van der Waals surface area contributed by atoms with Crippen molar-refractivity contribution >= 4 is 23.1 Å². The lowest BCUT2D eigenvalue weighted by Gasteiger charge is -2.55. The first-order valence-corrected chi connectivity index (χ1v) is 17.8. The largest absolute Gasteiger partial charge is 0.454 e. The van der Waals surface area contributed by atoms with Crippen LogP contribution in [-0.2, 0) is 43.3 Å². The van der Waals surface area contributed by atoms with Crippen LogP contribution in [0.5, 0.6) is 0 Å². The molecule has 0 N–H and O–H groups in total. The van der Waals surface area contributed by atoms with Crippen molar-refractivity contribution in [3.63, 3.8) is 0 Å². The molecule has 0 bridgehead atoms. The molecule has 1 aromatic rings. The van der Waals surface area contributed by atoms with Gasteiger partial charge in [-0.3, -0.25) is 4.79 Å². The molecule has 8 nitrogen and oxygen atoms in total. The number of carbonyl (C=O) groups is 1. The summed E-state index contributed by atoms with van der Waals surface area (Å²) in [6.07, 6.45) is -3.34. The Morgan fingerprint density at radius 1 is 0.921 bits per heavy atom. The van der Waals surface area contributed by atoms with Gasteiger partial charge in [0.25, 0.3) is 0 Å². The van der Waals surface area contributed by atoms with Crippen molar-refractivity contribution < 1.29 is 36.7 Å².